The van der Waals surface area contributed by atoms with E-state index in [0.29, 0.717) is 10.8 Å². The van der Waals surface area contributed by atoms with Crippen LogP contribution in [-0.4, -0.2) is 14.9 Å². The fourth-order valence-electron chi connectivity index (χ4n) is 2.62. The number of rotatable bonds is 4. The minimum absolute atomic E-state index is 0.0944. The quantitative estimate of drug-likeness (QED) is 0.857. The van der Waals surface area contributed by atoms with Crippen LogP contribution in [0, 0.1) is 19.3 Å². The van der Waals surface area contributed by atoms with Gasteiger partial charge in [-0.1, -0.05) is 0 Å². The van der Waals surface area contributed by atoms with Crippen LogP contribution in [-0.2, 0) is 6.54 Å². The van der Waals surface area contributed by atoms with Gasteiger partial charge in [-0.25, -0.2) is 0 Å². The van der Waals surface area contributed by atoms with E-state index >= 15 is 0 Å². The molecule has 1 N–H and O–H groups in total. The lowest BCUT2D eigenvalue weighted by Crippen LogP contribution is -2.19. The number of thiazole rings is 1. The zero-order valence-corrected chi connectivity index (χ0v) is 12.0. The normalized spacial score (nSPS) is 14.8. The van der Waals surface area contributed by atoms with E-state index in [-0.39, 0.29) is 12.3 Å². The highest BCUT2D eigenvalue weighted by Gasteiger charge is 2.28. The Bertz CT molecular complexity index is 688. The monoisotopic (exact) mass is 275 g/mol. The van der Waals surface area contributed by atoms with Gasteiger partial charge in [0.1, 0.15) is 0 Å². The van der Waals surface area contributed by atoms with E-state index in [4.69, 9.17) is 5.41 Å². The van der Waals surface area contributed by atoms with Gasteiger partial charge in [0.2, 0.25) is 0 Å². The molecule has 0 radical (unpaired) electrons. The van der Waals surface area contributed by atoms with E-state index in [1.54, 1.807) is 10.8 Å². The number of aryl methyl sites for hydroxylation is 1. The summed E-state index contributed by atoms with van der Waals surface area (Å²) in [6.45, 7) is 4.35. The summed E-state index contributed by atoms with van der Waals surface area (Å²) in [4.78, 5) is 12.8. The predicted molar refractivity (Wildman–Crippen MR) is 74.7 cm³/mol. The van der Waals surface area contributed by atoms with Crippen molar-refractivity contribution in [2.45, 2.75) is 39.3 Å². The molecule has 0 saturated heterocycles. The zero-order chi connectivity index (χ0) is 13.6. The second kappa shape index (κ2) is 4.49. The molecule has 3 rings (SSSR count). The number of nitrogens with zero attached hydrogens (tertiary/aromatic N) is 2. The van der Waals surface area contributed by atoms with E-state index in [1.807, 2.05) is 18.4 Å². The number of hydrogen-bond donors (Lipinski definition) is 1. The molecule has 1 saturated carbocycles. The minimum atomic E-state index is 0.0944. The van der Waals surface area contributed by atoms with Gasteiger partial charge >= 0.3 is 0 Å². The average molecular weight is 275 g/mol. The van der Waals surface area contributed by atoms with Gasteiger partial charge in [-0.2, -0.15) is 0 Å². The van der Waals surface area contributed by atoms with Crippen LogP contribution in [0.4, 0.5) is 0 Å². The van der Waals surface area contributed by atoms with Crippen molar-refractivity contribution >= 4 is 17.1 Å². The third kappa shape index (κ3) is 2.18. The maximum atomic E-state index is 12.4. The molecule has 1 fully saturated rings. The van der Waals surface area contributed by atoms with Gasteiger partial charge in [0.05, 0.1) is 6.54 Å². The number of aromatic nitrogens is 2. The first-order valence-corrected chi connectivity index (χ1v) is 7.36. The maximum absolute atomic E-state index is 12.4. The van der Waals surface area contributed by atoms with E-state index in [2.05, 4.69) is 11.5 Å². The highest BCUT2D eigenvalue weighted by molar-refractivity contribution is 7.06. The number of nitrogens with one attached hydrogen (secondary N) is 1. The van der Waals surface area contributed by atoms with Gasteiger partial charge < -0.3 is 9.13 Å². The highest BCUT2D eigenvalue weighted by atomic mass is 32.1. The molecule has 0 unspecified atom stereocenters. The molecule has 0 aliphatic heterocycles. The summed E-state index contributed by atoms with van der Waals surface area (Å²) in [6.07, 6.45) is 4.24. The highest BCUT2D eigenvalue weighted by Crippen LogP contribution is 2.38. The molecule has 0 aromatic carbocycles. The predicted octanol–water partition coefficient (Wildman–Crippen LogP) is 2.67. The molecule has 2 aromatic rings. The maximum Gasteiger partial charge on any atom is 0.184 e. The summed E-state index contributed by atoms with van der Waals surface area (Å²) in [7, 11) is 0. The summed E-state index contributed by atoms with van der Waals surface area (Å²) >= 11 is 1.34. The molecule has 19 heavy (non-hydrogen) atoms. The fourth-order valence-corrected chi connectivity index (χ4v) is 3.22. The van der Waals surface area contributed by atoms with E-state index in [9.17, 15) is 4.79 Å². The number of Topliss-reactive ketones (excluding diaryl/α,β-unsaturated/α-hetero) is 1. The summed E-state index contributed by atoms with van der Waals surface area (Å²) in [5.41, 5.74) is 3.06. The topological polar surface area (TPSA) is 50.8 Å². The van der Waals surface area contributed by atoms with Gasteiger partial charge in [0.15, 0.2) is 10.6 Å². The Hall–Kier alpha value is -1.62. The van der Waals surface area contributed by atoms with Gasteiger partial charge in [-0.05, 0) is 32.8 Å². The molecule has 1 aliphatic carbocycles. The molecule has 2 heterocycles. The van der Waals surface area contributed by atoms with Crippen molar-refractivity contribution in [3.8, 4) is 0 Å². The van der Waals surface area contributed by atoms with Crippen LogP contribution in [0.25, 0.3) is 0 Å². The molecule has 0 amide bonds. The fraction of sp³-hybridized carbons (Fsp3) is 0.429. The van der Waals surface area contributed by atoms with Crippen molar-refractivity contribution in [2.24, 2.45) is 0 Å². The van der Waals surface area contributed by atoms with Crippen LogP contribution in [0.15, 0.2) is 17.6 Å². The molecule has 1 aliphatic rings. The van der Waals surface area contributed by atoms with Crippen LogP contribution in [0.2, 0.25) is 0 Å². The number of ketones is 1. The Balaban J connectivity index is 1.90. The Morgan fingerprint density at radius 1 is 1.47 bits per heavy atom. The van der Waals surface area contributed by atoms with Crippen molar-refractivity contribution < 1.29 is 4.79 Å². The largest absolute Gasteiger partial charge is 0.345 e. The first-order chi connectivity index (χ1) is 9.08. The Morgan fingerprint density at radius 2 is 2.21 bits per heavy atom. The van der Waals surface area contributed by atoms with Crippen molar-refractivity contribution in [1.82, 2.24) is 9.13 Å². The summed E-state index contributed by atoms with van der Waals surface area (Å²) in [5, 5.41) is 9.55. The first kappa shape index (κ1) is 12.4. The smallest absolute Gasteiger partial charge is 0.184 e. The molecular weight excluding hydrogens is 258 g/mol. The molecule has 0 bridgehead atoms. The van der Waals surface area contributed by atoms with Crippen LogP contribution >= 0.6 is 11.3 Å². The lowest BCUT2D eigenvalue weighted by molar-refractivity contribution is 0.0970. The molecule has 0 atom stereocenters. The third-order valence-electron chi connectivity index (χ3n) is 3.69. The molecule has 4 nitrogen and oxygen atoms in total. The second-order valence-electron chi connectivity index (χ2n) is 5.15. The Morgan fingerprint density at radius 3 is 2.79 bits per heavy atom. The van der Waals surface area contributed by atoms with E-state index in [0.717, 1.165) is 11.3 Å². The van der Waals surface area contributed by atoms with E-state index < -0.39 is 0 Å². The van der Waals surface area contributed by atoms with Crippen molar-refractivity contribution in [3.63, 3.8) is 0 Å². The lowest BCUT2D eigenvalue weighted by atomic mass is 10.1. The number of carbonyl (C=O) groups excluding carboxylic acids is 1. The molecule has 0 spiro atoms. The average Bonchev–Trinajstić information content (AvgIpc) is 3.04. The lowest BCUT2D eigenvalue weighted by Gasteiger charge is -2.07. The van der Waals surface area contributed by atoms with Gasteiger partial charge in [0, 0.05) is 34.6 Å². The SMILES string of the molecule is Cc1cc(C(=O)Cn2ccsc2=N)c(C)n1C1CC1. The molecule has 5 heteroatoms. The third-order valence-corrected chi connectivity index (χ3v) is 4.41. The van der Waals surface area contributed by atoms with Gasteiger partial charge in [-0.3, -0.25) is 10.2 Å². The zero-order valence-electron chi connectivity index (χ0n) is 11.1. The summed E-state index contributed by atoms with van der Waals surface area (Å²) < 4.78 is 3.98. The van der Waals surface area contributed by atoms with E-state index in [1.165, 1.54) is 29.9 Å². The summed E-state index contributed by atoms with van der Waals surface area (Å²) in [5.74, 6) is 0.0944. The standard InChI is InChI=1S/C14H17N3OS/c1-9-7-12(10(2)17(9)11-3-4-11)13(18)8-16-5-6-19-14(16)15/h5-7,11,15H,3-4,8H2,1-2H3. The Kier molecular flexibility index (Phi) is 2.93. The van der Waals surface area contributed by atoms with Crippen LogP contribution in [0.3, 0.4) is 0 Å². The minimum Gasteiger partial charge on any atom is -0.345 e. The Labute approximate surface area is 115 Å². The first-order valence-electron chi connectivity index (χ1n) is 6.48. The number of hydrogen-bond acceptors (Lipinski definition) is 3. The van der Waals surface area contributed by atoms with Crippen LogP contribution in [0.1, 0.15) is 40.6 Å². The second-order valence-corrected chi connectivity index (χ2v) is 6.04. The van der Waals surface area contributed by atoms with Crippen LogP contribution < -0.4 is 4.80 Å². The molecular formula is C14H17N3OS. The van der Waals surface area contributed by atoms with Crippen molar-refractivity contribution in [3.05, 3.63) is 39.4 Å². The van der Waals surface area contributed by atoms with Gasteiger partial charge in [0.25, 0.3) is 0 Å². The number of carbonyl (C=O) groups is 1. The van der Waals surface area contributed by atoms with Crippen LogP contribution in [0.5, 0.6) is 0 Å². The van der Waals surface area contributed by atoms with Crippen molar-refractivity contribution in [1.29, 1.82) is 5.41 Å². The molecule has 100 valence electrons. The van der Waals surface area contributed by atoms with Gasteiger partial charge in [-0.15, -0.1) is 11.3 Å². The summed E-state index contributed by atoms with van der Waals surface area (Å²) in [6, 6.07) is 2.59. The van der Waals surface area contributed by atoms with Crippen molar-refractivity contribution in [2.75, 3.05) is 0 Å². The molecule has 2 aromatic heterocycles.